The molecule has 2 heterocycles. The number of hydrogen-bond acceptors (Lipinski definition) is 4. The maximum atomic E-state index is 12.7. The van der Waals surface area contributed by atoms with E-state index in [1.807, 2.05) is 23.6 Å². The Morgan fingerprint density at radius 1 is 1.07 bits per heavy atom. The number of aromatic nitrogens is 2. The number of fused-ring (bicyclic) bond motifs is 1. The number of amides is 1. The number of hydrogen-bond donors (Lipinski definition) is 2. The number of nitrogens with one attached hydrogen (secondary N) is 2. The zero-order valence-electron chi connectivity index (χ0n) is 16.5. The van der Waals surface area contributed by atoms with Crippen LogP contribution in [0.25, 0.3) is 10.2 Å². The molecule has 2 aromatic carbocycles. The molecular weight excluding hydrogens is 414 g/mol. The van der Waals surface area contributed by atoms with Gasteiger partial charge in [0.2, 0.25) is 0 Å². The molecule has 0 aliphatic rings. The number of benzene rings is 2. The van der Waals surface area contributed by atoms with Crippen LogP contribution in [0.5, 0.6) is 0 Å². The predicted octanol–water partition coefficient (Wildman–Crippen LogP) is 4.45. The van der Waals surface area contributed by atoms with Gasteiger partial charge in [-0.3, -0.25) is 14.2 Å². The Labute approximate surface area is 183 Å². The van der Waals surface area contributed by atoms with Crippen molar-refractivity contribution >= 4 is 39.7 Å². The molecule has 30 heavy (non-hydrogen) atoms. The summed E-state index contributed by atoms with van der Waals surface area (Å²) in [6.45, 7) is 2.99. The van der Waals surface area contributed by atoms with Gasteiger partial charge in [-0.05, 0) is 60.3 Å². The number of thiophene rings is 1. The third-order valence-corrected chi connectivity index (χ3v) is 6.19. The lowest BCUT2D eigenvalue weighted by Gasteiger charge is -2.09. The maximum absolute atomic E-state index is 12.7. The molecule has 1 amide bonds. The molecule has 152 valence electrons. The minimum Gasteiger partial charge on any atom is -0.352 e. The van der Waals surface area contributed by atoms with Crippen molar-refractivity contribution in [2.45, 2.75) is 19.9 Å². The van der Waals surface area contributed by atoms with E-state index in [1.165, 1.54) is 22.5 Å². The second-order valence-electron chi connectivity index (χ2n) is 7.17. The van der Waals surface area contributed by atoms with E-state index in [-0.39, 0.29) is 11.5 Å². The standard InChI is InChI=1S/C23H21N3O2S2/c1-15-2-4-16(5-3-15)10-12-24-21(27)18-8-6-17(7-9-18)14-26-22(28)20-19(11-13-30-20)25-23(26)29/h2-9,11,13H,10,12,14H2,1H3,(H,24,27)(H,25,29). The van der Waals surface area contributed by atoms with Crippen molar-refractivity contribution in [3.8, 4) is 0 Å². The summed E-state index contributed by atoms with van der Waals surface area (Å²) >= 11 is 6.74. The predicted molar refractivity (Wildman–Crippen MR) is 124 cm³/mol. The van der Waals surface area contributed by atoms with Gasteiger partial charge in [0.05, 0.1) is 12.1 Å². The summed E-state index contributed by atoms with van der Waals surface area (Å²) in [4.78, 5) is 28.2. The van der Waals surface area contributed by atoms with E-state index in [1.54, 1.807) is 16.7 Å². The normalized spacial score (nSPS) is 11.0. The van der Waals surface area contributed by atoms with Crippen LogP contribution >= 0.6 is 23.6 Å². The highest BCUT2D eigenvalue weighted by Crippen LogP contribution is 2.15. The minimum absolute atomic E-state index is 0.0957. The Morgan fingerprint density at radius 2 is 1.77 bits per heavy atom. The van der Waals surface area contributed by atoms with Crippen molar-refractivity contribution in [3.63, 3.8) is 0 Å². The summed E-state index contributed by atoms with van der Waals surface area (Å²) in [5.74, 6) is -0.108. The number of nitrogens with zero attached hydrogens (tertiary/aromatic N) is 1. The van der Waals surface area contributed by atoms with Crippen LogP contribution in [0, 0.1) is 11.7 Å². The molecule has 0 aliphatic carbocycles. The van der Waals surface area contributed by atoms with Crippen LogP contribution in [0.4, 0.5) is 0 Å². The summed E-state index contributed by atoms with van der Waals surface area (Å²) in [6.07, 6.45) is 0.788. The second-order valence-corrected chi connectivity index (χ2v) is 8.48. The smallest absolute Gasteiger partial charge is 0.272 e. The third kappa shape index (κ3) is 4.42. The summed E-state index contributed by atoms with van der Waals surface area (Å²) in [5.41, 5.74) is 4.59. The summed E-state index contributed by atoms with van der Waals surface area (Å²) in [7, 11) is 0. The number of carbonyl (C=O) groups is 1. The van der Waals surface area contributed by atoms with E-state index in [9.17, 15) is 9.59 Å². The molecule has 2 aromatic heterocycles. The van der Waals surface area contributed by atoms with Gasteiger partial charge in [-0.15, -0.1) is 11.3 Å². The zero-order valence-corrected chi connectivity index (χ0v) is 18.1. The van der Waals surface area contributed by atoms with Gasteiger partial charge in [0.1, 0.15) is 4.70 Å². The van der Waals surface area contributed by atoms with Crippen LogP contribution in [-0.2, 0) is 13.0 Å². The molecule has 0 saturated carbocycles. The molecule has 0 fully saturated rings. The minimum atomic E-state index is -0.108. The topological polar surface area (TPSA) is 66.9 Å². The first-order chi connectivity index (χ1) is 14.5. The van der Waals surface area contributed by atoms with Crippen molar-refractivity contribution in [3.05, 3.63) is 97.4 Å². The molecule has 4 rings (SSSR count). The molecule has 0 atom stereocenters. The van der Waals surface area contributed by atoms with Gasteiger partial charge in [0.25, 0.3) is 11.5 Å². The van der Waals surface area contributed by atoms with E-state index in [0.717, 1.165) is 17.5 Å². The largest absolute Gasteiger partial charge is 0.352 e. The van der Waals surface area contributed by atoms with Crippen molar-refractivity contribution in [2.24, 2.45) is 0 Å². The second kappa shape index (κ2) is 8.77. The molecule has 5 nitrogen and oxygen atoms in total. The van der Waals surface area contributed by atoms with Crippen molar-refractivity contribution in [1.82, 2.24) is 14.9 Å². The Kier molecular flexibility index (Phi) is 5.92. The summed E-state index contributed by atoms with van der Waals surface area (Å²) < 4.78 is 2.60. The summed E-state index contributed by atoms with van der Waals surface area (Å²) in [5, 5.41) is 4.82. The van der Waals surface area contributed by atoms with Crippen LogP contribution in [0.1, 0.15) is 27.0 Å². The number of aromatic amines is 1. The molecule has 0 spiro atoms. The van der Waals surface area contributed by atoms with Crippen LogP contribution in [-0.4, -0.2) is 22.0 Å². The lowest BCUT2D eigenvalue weighted by atomic mass is 10.1. The van der Waals surface area contributed by atoms with Gasteiger partial charge in [-0.1, -0.05) is 42.0 Å². The van der Waals surface area contributed by atoms with Crippen LogP contribution in [0.15, 0.2) is 64.8 Å². The highest BCUT2D eigenvalue weighted by molar-refractivity contribution is 7.71. The van der Waals surface area contributed by atoms with E-state index >= 15 is 0 Å². The lowest BCUT2D eigenvalue weighted by Crippen LogP contribution is -2.25. The van der Waals surface area contributed by atoms with Crippen LogP contribution in [0.2, 0.25) is 0 Å². The Morgan fingerprint density at radius 3 is 2.50 bits per heavy atom. The highest BCUT2D eigenvalue weighted by Gasteiger charge is 2.09. The van der Waals surface area contributed by atoms with Gasteiger partial charge >= 0.3 is 0 Å². The average Bonchev–Trinajstić information content (AvgIpc) is 3.21. The number of carbonyl (C=O) groups excluding carboxylic acids is 1. The van der Waals surface area contributed by atoms with Crippen LogP contribution in [0.3, 0.4) is 0 Å². The SMILES string of the molecule is Cc1ccc(CCNC(=O)c2ccc(Cn3c(=S)[nH]c4ccsc4c3=O)cc2)cc1. The first-order valence-corrected chi connectivity index (χ1v) is 10.9. The molecule has 0 aliphatic heterocycles. The van der Waals surface area contributed by atoms with Crippen molar-refractivity contribution in [2.75, 3.05) is 6.54 Å². The molecule has 7 heteroatoms. The highest BCUT2D eigenvalue weighted by atomic mass is 32.1. The molecule has 0 radical (unpaired) electrons. The molecule has 0 unspecified atom stereocenters. The van der Waals surface area contributed by atoms with Crippen molar-refractivity contribution < 1.29 is 4.79 Å². The van der Waals surface area contributed by atoms with E-state index < -0.39 is 0 Å². The lowest BCUT2D eigenvalue weighted by molar-refractivity contribution is 0.0954. The van der Waals surface area contributed by atoms with Gasteiger partial charge in [-0.25, -0.2) is 0 Å². The fraction of sp³-hybridized carbons (Fsp3) is 0.174. The van der Waals surface area contributed by atoms with Gasteiger partial charge in [0.15, 0.2) is 4.77 Å². The molecule has 0 bridgehead atoms. The average molecular weight is 436 g/mol. The Balaban J connectivity index is 1.40. The first-order valence-electron chi connectivity index (χ1n) is 9.64. The quantitative estimate of drug-likeness (QED) is 0.440. The summed E-state index contributed by atoms with van der Waals surface area (Å²) in [6, 6.07) is 17.4. The van der Waals surface area contributed by atoms with E-state index in [0.29, 0.717) is 28.1 Å². The maximum Gasteiger partial charge on any atom is 0.272 e. The van der Waals surface area contributed by atoms with Crippen LogP contribution < -0.4 is 10.9 Å². The van der Waals surface area contributed by atoms with E-state index in [2.05, 4.69) is 41.5 Å². The molecule has 2 N–H and O–H groups in total. The van der Waals surface area contributed by atoms with E-state index in [4.69, 9.17) is 12.2 Å². The first kappa shape index (κ1) is 20.3. The fourth-order valence-electron chi connectivity index (χ4n) is 3.24. The van der Waals surface area contributed by atoms with Gasteiger partial charge in [0, 0.05) is 12.1 Å². The molecule has 0 saturated heterocycles. The number of rotatable bonds is 6. The molecule has 4 aromatic rings. The Hall–Kier alpha value is -3.03. The van der Waals surface area contributed by atoms with Gasteiger partial charge < -0.3 is 10.3 Å². The monoisotopic (exact) mass is 435 g/mol. The zero-order chi connectivity index (χ0) is 21.1. The van der Waals surface area contributed by atoms with Crippen molar-refractivity contribution in [1.29, 1.82) is 0 Å². The Bertz CT molecular complexity index is 1300. The number of aryl methyl sites for hydroxylation is 1. The molecular formula is C23H21N3O2S2. The third-order valence-electron chi connectivity index (χ3n) is 4.97. The number of H-pyrrole nitrogens is 1. The fourth-order valence-corrected chi connectivity index (χ4v) is 4.29. The van der Waals surface area contributed by atoms with Gasteiger partial charge in [-0.2, -0.15) is 0 Å².